The van der Waals surface area contributed by atoms with Gasteiger partial charge in [0.2, 0.25) is 0 Å². The fraction of sp³-hybridized carbons (Fsp3) is 0.333. The van der Waals surface area contributed by atoms with Gasteiger partial charge in [0.05, 0.1) is 11.8 Å². The molecule has 0 saturated heterocycles. The van der Waals surface area contributed by atoms with E-state index >= 15 is 0 Å². The van der Waals surface area contributed by atoms with Gasteiger partial charge in [0.1, 0.15) is 0 Å². The maximum atomic E-state index is 11.4. The summed E-state index contributed by atoms with van der Waals surface area (Å²) in [6.07, 6.45) is 3.70. The van der Waals surface area contributed by atoms with Gasteiger partial charge in [0, 0.05) is 19.7 Å². The first-order chi connectivity index (χ1) is 5.59. The Kier molecular flexibility index (Phi) is 2.43. The summed E-state index contributed by atoms with van der Waals surface area (Å²) in [4.78, 5) is 11.4. The van der Waals surface area contributed by atoms with Crippen molar-refractivity contribution in [3.63, 3.8) is 0 Å². The number of carbonyl (C=O) groups is 1. The van der Waals surface area contributed by atoms with Crippen LogP contribution in [0.3, 0.4) is 0 Å². The van der Waals surface area contributed by atoms with E-state index < -0.39 is 0 Å². The Hall–Kier alpha value is -1.38. The zero-order valence-electron chi connectivity index (χ0n) is 7.37. The minimum Gasteiger partial charge on any atom is -0.294 e. The van der Waals surface area contributed by atoms with Gasteiger partial charge in [0.15, 0.2) is 5.78 Å². The minimum atomic E-state index is 0.0793. The van der Waals surface area contributed by atoms with E-state index in [-0.39, 0.29) is 5.78 Å². The number of aryl methyl sites for hydroxylation is 1. The summed E-state index contributed by atoms with van der Waals surface area (Å²) < 4.78 is 1.62. The first-order valence-electron chi connectivity index (χ1n) is 3.76. The average Bonchev–Trinajstić information content (AvgIpc) is 2.34. The smallest absolute Gasteiger partial charge is 0.170 e. The lowest BCUT2D eigenvalue weighted by atomic mass is 10.1. The maximum absolute atomic E-state index is 11.4. The van der Waals surface area contributed by atoms with E-state index in [1.54, 1.807) is 24.1 Å². The molecule has 1 heterocycles. The second-order valence-corrected chi connectivity index (χ2v) is 2.96. The van der Waals surface area contributed by atoms with Crippen LogP contribution < -0.4 is 0 Å². The number of nitrogens with zero attached hydrogens (tertiary/aromatic N) is 2. The Morgan fingerprint density at radius 1 is 1.75 bits per heavy atom. The number of hydrogen-bond donors (Lipinski definition) is 0. The molecule has 0 fully saturated rings. The fourth-order valence-electron chi connectivity index (χ4n) is 0.941. The third kappa shape index (κ3) is 2.05. The molecule has 12 heavy (non-hydrogen) atoms. The monoisotopic (exact) mass is 164 g/mol. The molecular formula is C9H12N2O. The first kappa shape index (κ1) is 8.71. The van der Waals surface area contributed by atoms with Crippen molar-refractivity contribution in [1.29, 1.82) is 0 Å². The molecule has 0 radical (unpaired) electrons. The molecule has 0 amide bonds. The summed E-state index contributed by atoms with van der Waals surface area (Å²) in [5.74, 6) is 0.0793. The molecule has 3 heteroatoms. The van der Waals surface area contributed by atoms with Crippen molar-refractivity contribution in [3.05, 3.63) is 30.1 Å². The van der Waals surface area contributed by atoms with Gasteiger partial charge < -0.3 is 0 Å². The lowest BCUT2D eigenvalue weighted by Crippen LogP contribution is -1.97. The van der Waals surface area contributed by atoms with Crippen LogP contribution in [0.1, 0.15) is 23.7 Å². The SMILES string of the molecule is C=C(C)CC(=O)c1cnn(C)c1. The minimum absolute atomic E-state index is 0.0793. The van der Waals surface area contributed by atoms with Crippen LogP contribution >= 0.6 is 0 Å². The molecule has 0 N–H and O–H groups in total. The van der Waals surface area contributed by atoms with E-state index in [0.29, 0.717) is 12.0 Å². The van der Waals surface area contributed by atoms with Crippen molar-refractivity contribution in [1.82, 2.24) is 9.78 Å². The molecule has 0 spiro atoms. The standard InChI is InChI=1S/C9H12N2O/c1-7(2)4-9(12)8-5-10-11(3)6-8/h5-6H,1,4H2,2-3H3. The number of Topliss-reactive ketones (excluding diaryl/α,β-unsaturated/α-hetero) is 1. The van der Waals surface area contributed by atoms with Gasteiger partial charge in [-0.2, -0.15) is 5.10 Å². The molecule has 0 bridgehead atoms. The van der Waals surface area contributed by atoms with Gasteiger partial charge in [-0.1, -0.05) is 12.2 Å². The lowest BCUT2D eigenvalue weighted by molar-refractivity contribution is 0.0993. The summed E-state index contributed by atoms with van der Waals surface area (Å²) >= 11 is 0. The molecule has 0 atom stereocenters. The molecule has 1 aromatic rings. The van der Waals surface area contributed by atoms with Gasteiger partial charge in [-0.15, -0.1) is 0 Å². The van der Waals surface area contributed by atoms with E-state index in [2.05, 4.69) is 11.7 Å². The van der Waals surface area contributed by atoms with Gasteiger partial charge in [-0.3, -0.25) is 9.48 Å². The number of ketones is 1. The van der Waals surface area contributed by atoms with Crippen molar-refractivity contribution < 1.29 is 4.79 Å². The Bertz CT molecular complexity index is 312. The Balaban J connectivity index is 2.72. The van der Waals surface area contributed by atoms with Gasteiger partial charge >= 0.3 is 0 Å². The van der Waals surface area contributed by atoms with Crippen molar-refractivity contribution in [2.75, 3.05) is 0 Å². The van der Waals surface area contributed by atoms with Crippen molar-refractivity contribution >= 4 is 5.78 Å². The maximum Gasteiger partial charge on any atom is 0.170 e. The molecule has 0 aliphatic rings. The highest BCUT2D eigenvalue weighted by Gasteiger charge is 2.06. The summed E-state index contributed by atoms with van der Waals surface area (Å²) in [7, 11) is 1.79. The summed E-state index contributed by atoms with van der Waals surface area (Å²) in [6, 6.07) is 0. The second-order valence-electron chi connectivity index (χ2n) is 2.96. The predicted molar refractivity (Wildman–Crippen MR) is 47.0 cm³/mol. The van der Waals surface area contributed by atoms with E-state index in [9.17, 15) is 4.79 Å². The summed E-state index contributed by atoms with van der Waals surface area (Å²) in [6.45, 7) is 5.52. The summed E-state index contributed by atoms with van der Waals surface area (Å²) in [5, 5.41) is 3.91. The Morgan fingerprint density at radius 2 is 2.42 bits per heavy atom. The highest BCUT2D eigenvalue weighted by molar-refractivity contribution is 5.96. The zero-order chi connectivity index (χ0) is 9.14. The lowest BCUT2D eigenvalue weighted by Gasteiger charge is -1.94. The van der Waals surface area contributed by atoms with Crippen LogP contribution in [0.5, 0.6) is 0 Å². The molecule has 0 saturated carbocycles. The average molecular weight is 164 g/mol. The third-order valence-corrected chi connectivity index (χ3v) is 1.49. The molecule has 1 rings (SSSR count). The van der Waals surface area contributed by atoms with Crippen LogP contribution in [-0.2, 0) is 7.05 Å². The van der Waals surface area contributed by atoms with Gasteiger partial charge in [-0.05, 0) is 6.92 Å². The third-order valence-electron chi connectivity index (χ3n) is 1.49. The van der Waals surface area contributed by atoms with Crippen molar-refractivity contribution in [2.24, 2.45) is 7.05 Å². The number of hydrogen-bond acceptors (Lipinski definition) is 2. The normalized spacial score (nSPS) is 9.83. The van der Waals surface area contributed by atoms with Crippen molar-refractivity contribution in [3.8, 4) is 0 Å². The molecular weight excluding hydrogens is 152 g/mol. The fourth-order valence-corrected chi connectivity index (χ4v) is 0.941. The van der Waals surface area contributed by atoms with Crippen LogP contribution in [-0.4, -0.2) is 15.6 Å². The molecule has 0 aromatic carbocycles. The molecule has 0 aliphatic carbocycles. The predicted octanol–water partition coefficient (Wildman–Crippen LogP) is 1.57. The van der Waals surface area contributed by atoms with E-state index in [1.807, 2.05) is 6.92 Å². The molecule has 0 aliphatic heterocycles. The quantitative estimate of drug-likeness (QED) is 0.502. The highest BCUT2D eigenvalue weighted by atomic mass is 16.1. The molecule has 1 aromatic heterocycles. The van der Waals surface area contributed by atoms with Gasteiger partial charge in [0.25, 0.3) is 0 Å². The highest BCUT2D eigenvalue weighted by Crippen LogP contribution is 2.05. The van der Waals surface area contributed by atoms with Crippen LogP contribution in [0.2, 0.25) is 0 Å². The van der Waals surface area contributed by atoms with Crippen LogP contribution in [0.15, 0.2) is 24.5 Å². The molecule has 64 valence electrons. The first-order valence-corrected chi connectivity index (χ1v) is 3.76. The van der Waals surface area contributed by atoms with E-state index in [1.165, 1.54) is 0 Å². The number of aromatic nitrogens is 2. The van der Waals surface area contributed by atoms with E-state index in [4.69, 9.17) is 0 Å². The van der Waals surface area contributed by atoms with Crippen LogP contribution in [0.4, 0.5) is 0 Å². The second kappa shape index (κ2) is 3.34. The van der Waals surface area contributed by atoms with Crippen LogP contribution in [0, 0.1) is 0 Å². The van der Waals surface area contributed by atoms with E-state index in [0.717, 1.165) is 5.57 Å². The largest absolute Gasteiger partial charge is 0.294 e. The molecule has 3 nitrogen and oxygen atoms in total. The number of rotatable bonds is 3. The van der Waals surface area contributed by atoms with Gasteiger partial charge in [-0.25, -0.2) is 0 Å². The van der Waals surface area contributed by atoms with Crippen LogP contribution in [0.25, 0.3) is 0 Å². The Morgan fingerprint density at radius 3 is 2.83 bits per heavy atom. The van der Waals surface area contributed by atoms with Crippen molar-refractivity contribution in [2.45, 2.75) is 13.3 Å². The number of carbonyl (C=O) groups excluding carboxylic acids is 1. The number of allylic oxidation sites excluding steroid dienone is 1. The molecule has 0 unspecified atom stereocenters. The zero-order valence-corrected chi connectivity index (χ0v) is 7.37. The summed E-state index contributed by atoms with van der Waals surface area (Å²) in [5.41, 5.74) is 1.53. The Labute approximate surface area is 71.7 Å². The topological polar surface area (TPSA) is 34.9 Å².